The molecule has 1 atom stereocenters. The number of hydrogen-bond acceptors (Lipinski definition) is 3. The molecule has 0 bridgehead atoms. The van der Waals surface area contributed by atoms with Crippen molar-refractivity contribution in [2.24, 2.45) is 5.92 Å². The third kappa shape index (κ3) is 6.13. The molecule has 1 rings (SSSR count). The fourth-order valence-corrected chi connectivity index (χ4v) is 2.04. The number of nitrogens with one attached hydrogen (secondary N) is 1. The van der Waals surface area contributed by atoms with Crippen LogP contribution in [0.4, 0.5) is 0 Å². The van der Waals surface area contributed by atoms with Gasteiger partial charge in [0.1, 0.15) is 0 Å². The van der Waals surface area contributed by atoms with E-state index in [1.165, 1.54) is 25.7 Å². The van der Waals surface area contributed by atoms with E-state index in [0.717, 1.165) is 19.1 Å². The first-order valence-electron chi connectivity index (χ1n) is 6.13. The Labute approximate surface area is 93.5 Å². The third-order valence-corrected chi connectivity index (χ3v) is 3.03. The number of rotatable bonds is 8. The number of ether oxygens (including phenoxy) is 2. The van der Waals surface area contributed by atoms with Gasteiger partial charge in [0.05, 0.1) is 19.8 Å². The standard InChI is InChI=1S/C12H25NO2/c1-11(10-15-8-7-14-2)13-9-12-5-3-4-6-12/h11-13H,3-10H2,1-2H3. The van der Waals surface area contributed by atoms with E-state index >= 15 is 0 Å². The van der Waals surface area contributed by atoms with E-state index in [1.807, 2.05) is 0 Å². The van der Waals surface area contributed by atoms with Crippen LogP contribution in [0, 0.1) is 5.92 Å². The van der Waals surface area contributed by atoms with Gasteiger partial charge in [-0.25, -0.2) is 0 Å². The quantitative estimate of drug-likeness (QED) is 0.626. The van der Waals surface area contributed by atoms with E-state index in [-0.39, 0.29) is 0 Å². The number of methoxy groups -OCH3 is 1. The average Bonchev–Trinajstić information content (AvgIpc) is 2.74. The molecule has 1 aliphatic carbocycles. The SMILES string of the molecule is COCCOCC(C)NCC1CCCC1. The van der Waals surface area contributed by atoms with Gasteiger partial charge in [0.15, 0.2) is 0 Å². The van der Waals surface area contributed by atoms with Crippen molar-refractivity contribution in [3.8, 4) is 0 Å². The summed E-state index contributed by atoms with van der Waals surface area (Å²) >= 11 is 0. The summed E-state index contributed by atoms with van der Waals surface area (Å²) in [7, 11) is 1.70. The first-order valence-corrected chi connectivity index (χ1v) is 6.13. The predicted octanol–water partition coefficient (Wildman–Crippen LogP) is 1.82. The molecular formula is C12H25NO2. The molecule has 1 saturated carbocycles. The summed E-state index contributed by atoms with van der Waals surface area (Å²) in [5.74, 6) is 0.909. The van der Waals surface area contributed by atoms with Gasteiger partial charge in [0.2, 0.25) is 0 Å². The van der Waals surface area contributed by atoms with Crippen molar-refractivity contribution in [2.75, 3.05) is 33.5 Å². The van der Waals surface area contributed by atoms with Crippen LogP contribution in [0.1, 0.15) is 32.6 Å². The Morgan fingerprint density at radius 3 is 2.67 bits per heavy atom. The summed E-state index contributed by atoms with van der Waals surface area (Å²) in [5, 5.41) is 3.54. The molecule has 1 N–H and O–H groups in total. The van der Waals surface area contributed by atoms with E-state index in [4.69, 9.17) is 9.47 Å². The molecule has 0 saturated heterocycles. The van der Waals surface area contributed by atoms with Gasteiger partial charge < -0.3 is 14.8 Å². The lowest BCUT2D eigenvalue weighted by atomic mass is 10.1. The largest absolute Gasteiger partial charge is 0.382 e. The van der Waals surface area contributed by atoms with Gasteiger partial charge in [0.25, 0.3) is 0 Å². The lowest BCUT2D eigenvalue weighted by molar-refractivity contribution is 0.0605. The third-order valence-electron chi connectivity index (χ3n) is 3.03. The van der Waals surface area contributed by atoms with Gasteiger partial charge in [-0.3, -0.25) is 0 Å². The van der Waals surface area contributed by atoms with Crippen molar-refractivity contribution in [3.05, 3.63) is 0 Å². The first kappa shape index (κ1) is 12.9. The summed E-state index contributed by atoms with van der Waals surface area (Å²) in [6.07, 6.45) is 5.66. The zero-order chi connectivity index (χ0) is 10.9. The Bertz CT molecular complexity index is 147. The second-order valence-electron chi connectivity index (χ2n) is 4.53. The van der Waals surface area contributed by atoms with Crippen molar-refractivity contribution in [2.45, 2.75) is 38.6 Å². The summed E-state index contributed by atoms with van der Waals surface area (Å²) in [5.41, 5.74) is 0. The van der Waals surface area contributed by atoms with Crippen molar-refractivity contribution in [1.82, 2.24) is 5.32 Å². The Kier molecular flexibility index (Phi) is 6.98. The van der Waals surface area contributed by atoms with Crippen LogP contribution < -0.4 is 5.32 Å². The van der Waals surface area contributed by atoms with E-state index in [2.05, 4.69) is 12.2 Å². The van der Waals surface area contributed by atoms with E-state index in [9.17, 15) is 0 Å². The van der Waals surface area contributed by atoms with Gasteiger partial charge in [-0.15, -0.1) is 0 Å². The maximum atomic E-state index is 5.46. The molecule has 3 nitrogen and oxygen atoms in total. The molecule has 0 aromatic heterocycles. The van der Waals surface area contributed by atoms with Gasteiger partial charge >= 0.3 is 0 Å². The van der Waals surface area contributed by atoms with Gasteiger partial charge in [-0.1, -0.05) is 12.8 Å². The van der Waals surface area contributed by atoms with E-state index in [0.29, 0.717) is 19.3 Å². The minimum Gasteiger partial charge on any atom is -0.382 e. The van der Waals surface area contributed by atoms with Crippen LogP contribution >= 0.6 is 0 Å². The monoisotopic (exact) mass is 215 g/mol. The molecule has 1 aliphatic rings. The molecule has 1 unspecified atom stereocenters. The van der Waals surface area contributed by atoms with Crippen LogP contribution in [0.5, 0.6) is 0 Å². The maximum Gasteiger partial charge on any atom is 0.0701 e. The Hall–Kier alpha value is -0.120. The first-order chi connectivity index (χ1) is 7.33. The van der Waals surface area contributed by atoms with Crippen LogP contribution in [0.3, 0.4) is 0 Å². The van der Waals surface area contributed by atoms with Crippen molar-refractivity contribution >= 4 is 0 Å². The molecule has 0 spiro atoms. The average molecular weight is 215 g/mol. The van der Waals surface area contributed by atoms with Gasteiger partial charge in [-0.2, -0.15) is 0 Å². The summed E-state index contributed by atoms with van der Waals surface area (Å²) in [6, 6.07) is 0.461. The molecule has 1 fully saturated rings. The Morgan fingerprint density at radius 1 is 1.27 bits per heavy atom. The minimum absolute atomic E-state index is 0.461. The molecule has 15 heavy (non-hydrogen) atoms. The molecule has 0 aromatic carbocycles. The zero-order valence-corrected chi connectivity index (χ0v) is 10.1. The lowest BCUT2D eigenvalue weighted by Gasteiger charge is -2.17. The second kappa shape index (κ2) is 8.08. The van der Waals surface area contributed by atoms with E-state index < -0.39 is 0 Å². The highest BCUT2D eigenvalue weighted by Crippen LogP contribution is 2.23. The Morgan fingerprint density at radius 2 is 2.00 bits per heavy atom. The molecule has 0 aromatic rings. The topological polar surface area (TPSA) is 30.5 Å². The molecule has 90 valence electrons. The molecule has 3 heteroatoms. The highest BCUT2D eigenvalue weighted by atomic mass is 16.5. The molecular weight excluding hydrogens is 190 g/mol. The van der Waals surface area contributed by atoms with Crippen LogP contribution in [0.25, 0.3) is 0 Å². The van der Waals surface area contributed by atoms with Gasteiger partial charge in [0, 0.05) is 13.2 Å². The highest BCUT2D eigenvalue weighted by Gasteiger charge is 2.15. The molecule has 0 aliphatic heterocycles. The van der Waals surface area contributed by atoms with Crippen molar-refractivity contribution in [1.29, 1.82) is 0 Å². The van der Waals surface area contributed by atoms with Crippen molar-refractivity contribution < 1.29 is 9.47 Å². The number of hydrogen-bond donors (Lipinski definition) is 1. The van der Waals surface area contributed by atoms with Crippen molar-refractivity contribution in [3.63, 3.8) is 0 Å². The Balaban J connectivity index is 1.90. The second-order valence-corrected chi connectivity index (χ2v) is 4.53. The summed E-state index contributed by atoms with van der Waals surface area (Å²) < 4.78 is 10.4. The highest BCUT2D eigenvalue weighted by molar-refractivity contribution is 4.71. The van der Waals surface area contributed by atoms with Gasteiger partial charge in [-0.05, 0) is 32.2 Å². The minimum atomic E-state index is 0.461. The van der Waals surface area contributed by atoms with Crippen LogP contribution in [-0.2, 0) is 9.47 Å². The summed E-state index contributed by atoms with van der Waals surface area (Å²) in [4.78, 5) is 0. The van der Waals surface area contributed by atoms with Crippen LogP contribution in [0.2, 0.25) is 0 Å². The zero-order valence-electron chi connectivity index (χ0n) is 10.1. The van der Waals surface area contributed by atoms with E-state index in [1.54, 1.807) is 7.11 Å². The molecule has 0 heterocycles. The smallest absolute Gasteiger partial charge is 0.0701 e. The normalized spacial score (nSPS) is 19.6. The fraction of sp³-hybridized carbons (Fsp3) is 1.00. The summed E-state index contributed by atoms with van der Waals surface area (Å²) in [6.45, 7) is 5.52. The predicted molar refractivity (Wildman–Crippen MR) is 62.1 cm³/mol. The maximum absolute atomic E-state index is 5.46. The molecule has 0 radical (unpaired) electrons. The van der Waals surface area contributed by atoms with Crippen LogP contribution in [0.15, 0.2) is 0 Å². The van der Waals surface area contributed by atoms with Crippen LogP contribution in [-0.4, -0.2) is 39.5 Å². The lowest BCUT2D eigenvalue weighted by Crippen LogP contribution is -2.34. The molecule has 0 amide bonds. The fourth-order valence-electron chi connectivity index (χ4n) is 2.04.